The molecular weight excluding hydrogens is 334 g/mol. The molecule has 2 aromatic carbocycles. The summed E-state index contributed by atoms with van der Waals surface area (Å²) in [5.74, 6) is 0.564. The first kappa shape index (κ1) is 16.7. The van der Waals surface area contributed by atoms with E-state index in [1.807, 2.05) is 36.4 Å². The van der Waals surface area contributed by atoms with Gasteiger partial charge >= 0.3 is 0 Å². The molecule has 0 saturated carbocycles. The highest BCUT2D eigenvalue weighted by Gasteiger charge is 2.05. The number of para-hydroxylation sites is 2. The summed E-state index contributed by atoms with van der Waals surface area (Å²) in [6, 6.07) is 14.8. The van der Waals surface area contributed by atoms with Crippen molar-refractivity contribution in [3.05, 3.63) is 65.7 Å². The van der Waals surface area contributed by atoms with Gasteiger partial charge in [-0.3, -0.25) is 4.79 Å². The zero-order valence-corrected chi connectivity index (χ0v) is 14.4. The Hall–Kier alpha value is -3.12. The van der Waals surface area contributed by atoms with Gasteiger partial charge in [0.05, 0.1) is 18.5 Å². The van der Waals surface area contributed by atoms with Crippen LogP contribution >= 0.6 is 11.3 Å². The number of nitrogen functional groups attached to an aromatic ring is 1. The second-order valence-electron chi connectivity index (χ2n) is 5.21. The third-order valence-corrected chi connectivity index (χ3v) is 4.49. The standard InChI is InChI=1S/C19H17N3O2S/c1-24-14-8-6-13(7-9-14)19-21-12-15(25-19)10-11-18(23)22-17-5-3-2-4-16(17)20/h2-12H,20H2,1H3,(H,22,23)/b11-10+. The number of methoxy groups -OCH3 is 1. The number of aromatic nitrogens is 1. The first-order valence-electron chi connectivity index (χ1n) is 7.59. The van der Waals surface area contributed by atoms with Crippen molar-refractivity contribution in [2.24, 2.45) is 0 Å². The SMILES string of the molecule is COc1ccc(-c2ncc(/C=C/C(=O)Nc3ccccc3N)s2)cc1. The van der Waals surface area contributed by atoms with Gasteiger partial charge in [0.15, 0.2) is 0 Å². The number of ether oxygens (including phenoxy) is 1. The Morgan fingerprint density at radius 3 is 2.68 bits per heavy atom. The van der Waals surface area contributed by atoms with E-state index in [2.05, 4.69) is 10.3 Å². The van der Waals surface area contributed by atoms with Crippen molar-refractivity contribution < 1.29 is 9.53 Å². The van der Waals surface area contributed by atoms with E-state index in [1.165, 1.54) is 17.4 Å². The minimum absolute atomic E-state index is 0.239. The number of nitrogens with one attached hydrogen (secondary N) is 1. The molecule has 126 valence electrons. The third-order valence-electron chi connectivity index (χ3n) is 3.48. The molecule has 0 aliphatic heterocycles. The summed E-state index contributed by atoms with van der Waals surface area (Å²) in [5.41, 5.74) is 7.94. The Labute approximate surface area is 149 Å². The molecule has 5 nitrogen and oxygen atoms in total. The van der Waals surface area contributed by atoms with Gasteiger partial charge in [-0.25, -0.2) is 4.98 Å². The minimum Gasteiger partial charge on any atom is -0.497 e. The van der Waals surface area contributed by atoms with Gasteiger partial charge in [0.25, 0.3) is 0 Å². The molecule has 0 atom stereocenters. The normalized spacial score (nSPS) is 10.8. The van der Waals surface area contributed by atoms with E-state index in [-0.39, 0.29) is 5.91 Å². The monoisotopic (exact) mass is 351 g/mol. The predicted molar refractivity (Wildman–Crippen MR) is 103 cm³/mol. The van der Waals surface area contributed by atoms with Crippen LogP contribution in [-0.4, -0.2) is 18.0 Å². The van der Waals surface area contributed by atoms with Crippen LogP contribution in [0, 0.1) is 0 Å². The lowest BCUT2D eigenvalue weighted by atomic mass is 10.2. The van der Waals surface area contributed by atoms with Crippen LogP contribution in [-0.2, 0) is 4.79 Å². The fraction of sp³-hybridized carbons (Fsp3) is 0.0526. The first-order chi connectivity index (χ1) is 12.2. The Balaban J connectivity index is 1.67. The summed E-state index contributed by atoms with van der Waals surface area (Å²) >= 11 is 1.51. The lowest BCUT2D eigenvalue weighted by Gasteiger charge is -2.04. The molecule has 0 fully saturated rings. The molecular formula is C19H17N3O2S. The number of hydrogen-bond donors (Lipinski definition) is 2. The molecule has 0 aliphatic rings. The summed E-state index contributed by atoms with van der Waals surface area (Å²) < 4.78 is 5.15. The fourth-order valence-electron chi connectivity index (χ4n) is 2.17. The molecule has 0 saturated heterocycles. The number of nitrogens with zero attached hydrogens (tertiary/aromatic N) is 1. The summed E-state index contributed by atoms with van der Waals surface area (Å²) in [6.07, 6.45) is 4.95. The molecule has 0 unspecified atom stereocenters. The largest absolute Gasteiger partial charge is 0.497 e. The number of carbonyl (C=O) groups is 1. The third kappa shape index (κ3) is 4.24. The van der Waals surface area contributed by atoms with Gasteiger partial charge < -0.3 is 15.8 Å². The highest BCUT2D eigenvalue weighted by atomic mass is 32.1. The van der Waals surface area contributed by atoms with Crippen LogP contribution in [0.25, 0.3) is 16.6 Å². The average molecular weight is 351 g/mol. The second-order valence-corrected chi connectivity index (χ2v) is 6.27. The molecule has 1 aromatic heterocycles. The molecule has 0 radical (unpaired) electrons. The molecule has 6 heteroatoms. The second kappa shape index (κ2) is 7.63. The zero-order chi connectivity index (χ0) is 17.6. The number of hydrogen-bond acceptors (Lipinski definition) is 5. The van der Waals surface area contributed by atoms with Crippen molar-refractivity contribution in [1.29, 1.82) is 0 Å². The van der Waals surface area contributed by atoms with Gasteiger partial charge in [-0.1, -0.05) is 12.1 Å². The van der Waals surface area contributed by atoms with Crippen LogP contribution in [0.1, 0.15) is 4.88 Å². The molecule has 3 N–H and O–H groups in total. The van der Waals surface area contributed by atoms with Crippen LogP contribution < -0.4 is 15.8 Å². The number of rotatable bonds is 5. The van der Waals surface area contributed by atoms with Crippen molar-refractivity contribution in [1.82, 2.24) is 4.98 Å². The smallest absolute Gasteiger partial charge is 0.248 e. The Morgan fingerprint density at radius 2 is 1.96 bits per heavy atom. The van der Waals surface area contributed by atoms with Gasteiger partial charge in [0.2, 0.25) is 5.91 Å². The number of carbonyl (C=O) groups excluding carboxylic acids is 1. The number of amides is 1. The maximum absolute atomic E-state index is 12.0. The lowest BCUT2D eigenvalue weighted by Crippen LogP contribution is -2.09. The van der Waals surface area contributed by atoms with Crippen LogP contribution in [0.4, 0.5) is 11.4 Å². The van der Waals surface area contributed by atoms with Crippen molar-refractivity contribution >= 4 is 34.7 Å². The highest BCUT2D eigenvalue weighted by Crippen LogP contribution is 2.27. The van der Waals surface area contributed by atoms with Crippen LogP contribution in [0.5, 0.6) is 5.75 Å². The van der Waals surface area contributed by atoms with E-state index in [0.29, 0.717) is 11.4 Å². The van der Waals surface area contributed by atoms with E-state index in [9.17, 15) is 4.79 Å². The molecule has 0 spiro atoms. The molecule has 0 bridgehead atoms. The van der Waals surface area contributed by atoms with E-state index in [1.54, 1.807) is 31.5 Å². The van der Waals surface area contributed by atoms with Gasteiger partial charge in [-0.2, -0.15) is 0 Å². The van der Waals surface area contributed by atoms with E-state index < -0.39 is 0 Å². The van der Waals surface area contributed by atoms with E-state index >= 15 is 0 Å². The molecule has 1 heterocycles. The van der Waals surface area contributed by atoms with Crippen LogP contribution in [0.15, 0.2) is 60.8 Å². The van der Waals surface area contributed by atoms with Crippen molar-refractivity contribution in [2.45, 2.75) is 0 Å². The van der Waals surface area contributed by atoms with E-state index in [4.69, 9.17) is 10.5 Å². The summed E-state index contributed by atoms with van der Waals surface area (Å²) in [4.78, 5) is 17.3. The van der Waals surface area contributed by atoms with Crippen LogP contribution in [0.2, 0.25) is 0 Å². The molecule has 1 amide bonds. The maximum Gasteiger partial charge on any atom is 0.248 e. The van der Waals surface area contributed by atoms with Gasteiger partial charge in [-0.05, 0) is 42.5 Å². The van der Waals surface area contributed by atoms with Gasteiger partial charge in [0, 0.05) is 22.7 Å². The zero-order valence-electron chi connectivity index (χ0n) is 13.6. The highest BCUT2D eigenvalue weighted by molar-refractivity contribution is 7.15. The van der Waals surface area contributed by atoms with E-state index in [0.717, 1.165) is 21.2 Å². The summed E-state index contributed by atoms with van der Waals surface area (Å²) in [7, 11) is 1.63. The van der Waals surface area contributed by atoms with Crippen LogP contribution in [0.3, 0.4) is 0 Å². The Kier molecular flexibility index (Phi) is 5.11. The Morgan fingerprint density at radius 1 is 1.20 bits per heavy atom. The first-order valence-corrected chi connectivity index (χ1v) is 8.41. The van der Waals surface area contributed by atoms with Gasteiger partial charge in [0.1, 0.15) is 10.8 Å². The lowest BCUT2D eigenvalue weighted by molar-refractivity contribution is -0.111. The summed E-state index contributed by atoms with van der Waals surface area (Å²) in [6.45, 7) is 0. The molecule has 3 aromatic rings. The Bertz CT molecular complexity index is 901. The maximum atomic E-state index is 12.0. The minimum atomic E-state index is -0.239. The number of thiazole rings is 1. The number of benzene rings is 2. The number of anilines is 2. The van der Waals surface area contributed by atoms with Gasteiger partial charge in [-0.15, -0.1) is 11.3 Å². The topological polar surface area (TPSA) is 77.2 Å². The molecule has 25 heavy (non-hydrogen) atoms. The number of nitrogens with two attached hydrogens (primary N) is 1. The molecule has 0 aliphatic carbocycles. The molecule has 3 rings (SSSR count). The predicted octanol–water partition coefficient (Wildman–Crippen LogP) is 4.05. The summed E-state index contributed by atoms with van der Waals surface area (Å²) in [5, 5.41) is 3.64. The van der Waals surface area contributed by atoms with Crippen molar-refractivity contribution in [3.63, 3.8) is 0 Å². The fourth-order valence-corrected chi connectivity index (χ4v) is 3.00. The average Bonchev–Trinajstić information content (AvgIpc) is 3.11. The quantitative estimate of drug-likeness (QED) is 0.537. The van der Waals surface area contributed by atoms with Crippen molar-refractivity contribution in [2.75, 3.05) is 18.2 Å². The van der Waals surface area contributed by atoms with Crippen molar-refractivity contribution in [3.8, 4) is 16.3 Å².